The van der Waals surface area contributed by atoms with Gasteiger partial charge in [0.15, 0.2) is 11.5 Å². The lowest BCUT2D eigenvalue weighted by atomic mass is 10.2. The number of fused-ring (bicyclic) bond motifs is 1. The molecule has 0 saturated heterocycles. The molecule has 0 atom stereocenters. The van der Waals surface area contributed by atoms with Crippen LogP contribution < -0.4 is 14.8 Å². The molecule has 0 fully saturated rings. The minimum atomic E-state index is -0.638. The third-order valence-corrected chi connectivity index (χ3v) is 3.51. The molecule has 3 nitrogen and oxygen atoms in total. The molecule has 0 aromatic heterocycles. The first kappa shape index (κ1) is 14.0. The molecule has 1 aliphatic heterocycles. The molecule has 0 bridgehead atoms. The summed E-state index contributed by atoms with van der Waals surface area (Å²) in [6, 6.07) is 10.0. The van der Waals surface area contributed by atoms with Gasteiger partial charge in [-0.3, -0.25) is 0 Å². The van der Waals surface area contributed by atoms with Gasteiger partial charge in [-0.1, -0.05) is 17.7 Å². The van der Waals surface area contributed by atoms with Gasteiger partial charge < -0.3 is 14.8 Å². The van der Waals surface area contributed by atoms with Crippen LogP contribution in [0.2, 0.25) is 5.02 Å². The topological polar surface area (TPSA) is 30.5 Å². The second-order valence-electron chi connectivity index (χ2n) is 5.35. The van der Waals surface area contributed by atoms with Crippen molar-refractivity contribution < 1.29 is 13.9 Å². The van der Waals surface area contributed by atoms with Crippen molar-refractivity contribution in [1.29, 1.82) is 0 Å². The molecule has 0 amide bonds. The Labute approximate surface area is 127 Å². The molecule has 1 heterocycles. The molecule has 0 radical (unpaired) electrons. The molecular weight excluding hydrogens is 293 g/mol. The zero-order valence-electron chi connectivity index (χ0n) is 11.7. The van der Waals surface area contributed by atoms with Crippen LogP contribution in [0.15, 0.2) is 36.4 Å². The van der Waals surface area contributed by atoms with Crippen LogP contribution in [0.1, 0.15) is 19.4 Å². The van der Waals surface area contributed by atoms with Gasteiger partial charge in [0, 0.05) is 37.2 Å². The predicted octanol–water partition coefficient (Wildman–Crippen LogP) is 4.60. The molecule has 0 spiro atoms. The highest BCUT2D eigenvalue weighted by Crippen LogP contribution is 2.40. The van der Waals surface area contributed by atoms with E-state index in [2.05, 4.69) is 5.32 Å². The molecule has 0 unspecified atom stereocenters. The van der Waals surface area contributed by atoms with Gasteiger partial charge in [-0.25, -0.2) is 4.39 Å². The molecule has 2 aromatic carbocycles. The molecule has 1 N–H and O–H groups in total. The van der Waals surface area contributed by atoms with Gasteiger partial charge in [0.2, 0.25) is 5.79 Å². The number of halogens is 2. The molecule has 3 rings (SSSR count). The first-order chi connectivity index (χ1) is 9.93. The molecule has 0 saturated carbocycles. The Kier molecular flexibility index (Phi) is 3.41. The van der Waals surface area contributed by atoms with Crippen molar-refractivity contribution >= 4 is 17.3 Å². The van der Waals surface area contributed by atoms with E-state index in [0.29, 0.717) is 17.3 Å². The molecule has 5 heteroatoms. The maximum atomic E-state index is 13.0. The third kappa shape index (κ3) is 3.05. The largest absolute Gasteiger partial charge is 0.449 e. The van der Waals surface area contributed by atoms with Crippen molar-refractivity contribution in [3.63, 3.8) is 0 Å². The van der Waals surface area contributed by atoms with Crippen molar-refractivity contribution in [1.82, 2.24) is 0 Å². The molecule has 110 valence electrons. The monoisotopic (exact) mass is 307 g/mol. The summed E-state index contributed by atoms with van der Waals surface area (Å²) in [6.45, 7) is 4.22. The normalized spacial score (nSPS) is 15.0. The number of benzene rings is 2. The smallest absolute Gasteiger partial charge is 0.246 e. The Morgan fingerprint density at radius 1 is 1.10 bits per heavy atom. The standard InChI is InChI=1S/C16H15ClFNO2/c1-16(2)20-14-6-5-12(8-15(14)21-16)19-9-10-3-4-11(18)7-13(10)17/h3-8,19H,9H2,1-2H3. The van der Waals surface area contributed by atoms with Crippen molar-refractivity contribution in [2.24, 2.45) is 0 Å². The highest BCUT2D eigenvalue weighted by molar-refractivity contribution is 6.31. The van der Waals surface area contributed by atoms with Crippen LogP contribution in [0.25, 0.3) is 0 Å². The number of nitrogens with one attached hydrogen (secondary N) is 1. The molecular formula is C16H15ClFNO2. The van der Waals surface area contributed by atoms with E-state index >= 15 is 0 Å². The van der Waals surface area contributed by atoms with E-state index in [1.54, 1.807) is 6.07 Å². The first-order valence-corrected chi connectivity index (χ1v) is 7.01. The number of rotatable bonds is 3. The summed E-state index contributed by atoms with van der Waals surface area (Å²) in [7, 11) is 0. The zero-order chi connectivity index (χ0) is 15.0. The van der Waals surface area contributed by atoms with Gasteiger partial charge in [0.1, 0.15) is 5.82 Å². The fourth-order valence-corrected chi connectivity index (χ4v) is 2.43. The van der Waals surface area contributed by atoms with Crippen LogP contribution in [0.5, 0.6) is 11.5 Å². The Morgan fingerprint density at radius 3 is 2.62 bits per heavy atom. The van der Waals surface area contributed by atoms with E-state index in [1.807, 2.05) is 32.0 Å². The van der Waals surface area contributed by atoms with Gasteiger partial charge in [-0.15, -0.1) is 0 Å². The minimum Gasteiger partial charge on any atom is -0.449 e. The zero-order valence-corrected chi connectivity index (χ0v) is 12.5. The van der Waals surface area contributed by atoms with Crippen LogP contribution >= 0.6 is 11.6 Å². The van der Waals surface area contributed by atoms with E-state index in [4.69, 9.17) is 21.1 Å². The minimum absolute atomic E-state index is 0.339. The average molecular weight is 308 g/mol. The molecule has 0 aliphatic carbocycles. The highest BCUT2D eigenvalue weighted by Gasteiger charge is 2.31. The Hall–Kier alpha value is -1.94. The van der Waals surface area contributed by atoms with E-state index in [-0.39, 0.29) is 5.82 Å². The molecule has 2 aromatic rings. The van der Waals surface area contributed by atoms with Crippen molar-refractivity contribution in [2.75, 3.05) is 5.32 Å². The first-order valence-electron chi connectivity index (χ1n) is 6.63. The highest BCUT2D eigenvalue weighted by atomic mass is 35.5. The van der Waals surface area contributed by atoms with Crippen LogP contribution in [0.4, 0.5) is 10.1 Å². The second kappa shape index (κ2) is 5.11. The van der Waals surface area contributed by atoms with E-state index in [9.17, 15) is 4.39 Å². The molecule has 21 heavy (non-hydrogen) atoms. The predicted molar refractivity (Wildman–Crippen MR) is 80.5 cm³/mol. The summed E-state index contributed by atoms with van der Waals surface area (Å²) in [5.74, 6) is 0.455. The van der Waals surface area contributed by atoms with E-state index < -0.39 is 5.79 Å². The van der Waals surface area contributed by atoms with Crippen molar-refractivity contribution in [2.45, 2.75) is 26.2 Å². The van der Waals surface area contributed by atoms with Gasteiger partial charge in [-0.05, 0) is 29.8 Å². The van der Waals surface area contributed by atoms with E-state index in [0.717, 1.165) is 17.0 Å². The Bertz CT molecular complexity index is 688. The lowest BCUT2D eigenvalue weighted by molar-refractivity contribution is -0.0431. The SMILES string of the molecule is CC1(C)Oc2ccc(NCc3ccc(F)cc3Cl)cc2O1. The Morgan fingerprint density at radius 2 is 1.86 bits per heavy atom. The maximum absolute atomic E-state index is 13.0. The maximum Gasteiger partial charge on any atom is 0.246 e. The fourth-order valence-electron chi connectivity index (χ4n) is 2.19. The van der Waals surface area contributed by atoms with Crippen LogP contribution in [-0.2, 0) is 6.54 Å². The summed E-state index contributed by atoms with van der Waals surface area (Å²) in [6.07, 6.45) is 0. The van der Waals surface area contributed by atoms with Crippen molar-refractivity contribution in [3.8, 4) is 11.5 Å². The van der Waals surface area contributed by atoms with Crippen LogP contribution in [-0.4, -0.2) is 5.79 Å². The average Bonchev–Trinajstić information content (AvgIpc) is 2.70. The van der Waals surface area contributed by atoms with Crippen LogP contribution in [0, 0.1) is 5.82 Å². The number of ether oxygens (including phenoxy) is 2. The van der Waals surface area contributed by atoms with E-state index in [1.165, 1.54) is 12.1 Å². The number of hydrogen-bond acceptors (Lipinski definition) is 3. The summed E-state index contributed by atoms with van der Waals surface area (Å²) < 4.78 is 24.3. The fraction of sp³-hybridized carbons (Fsp3) is 0.250. The number of hydrogen-bond donors (Lipinski definition) is 1. The third-order valence-electron chi connectivity index (χ3n) is 3.15. The summed E-state index contributed by atoms with van der Waals surface area (Å²) in [4.78, 5) is 0. The van der Waals surface area contributed by atoms with Gasteiger partial charge >= 0.3 is 0 Å². The number of anilines is 1. The second-order valence-corrected chi connectivity index (χ2v) is 5.76. The van der Waals surface area contributed by atoms with Crippen LogP contribution in [0.3, 0.4) is 0 Å². The summed E-state index contributed by atoms with van der Waals surface area (Å²) >= 11 is 6.00. The lowest BCUT2D eigenvalue weighted by Gasteiger charge is -2.16. The quantitative estimate of drug-likeness (QED) is 0.899. The summed E-state index contributed by atoms with van der Waals surface area (Å²) in [5, 5.41) is 3.64. The van der Waals surface area contributed by atoms with Gasteiger partial charge in [0.05, 0.1) is 0 Å². The molecule has 1 aliphatic rings. The lowest BCUT2D eigenvalue weighted by Crippen LogP contribution is -2.29. The summed E-state index contributed by atoms with van der Waals surface area (Å²) in [5.41, 5.74) is 1.71. The van der Waals surface area contributed by atoms with Crippen molar-refractivity contribution in [3.05, 3.63) is 52.8 Å². The van der Waals surface area contributed by atoms with Gasteiger partial charge in [0.25, 0.3) is 0 Å². The Balaban J connectivity index is 1.72. The van der Waals surface area contributed by atoms with Gasteiger partial charge in [-0.2, -0.15) is 0 Å².